The first kappa shape index (κ1) is 16.2. The van der Waals surface area contributed by atoms with Crippen molar-refractivity contribution < 1.29 is 14.3 Å². The average Bonchev–Trinajstić information content (AvgIpc) is 3.21. The number of hydrogen-bond donors (Lipinski definition) is 1. The second-order valence-corrected chi connectivity index (χ2v) is 6.54. The Labute approximate surface area is 161 Å². The zero-order chi connectivity index (χ0) is 19.1. The highest BCUT2D eigenvalue weighted by molar-refractivity contribution is 6.12. The number of para-hydroxylation sites is 1. The molecule has 136 valence electrons. The second kappa shape index (κ2) is 6.32. The monoisotopic (exact) mass is 369 g/mol. The molecule has 28 heavy (non-hydrogen) atoms. The van der Waals surface area contributed by atoms with Gasteiger partial charge in [-0.15, -0.1) is 0 Å². The number of rotatable bonds is 2. The predicted molar refractivity (Wildman–Crippen MR) is 103 cm³/mol. The minimum Gasteiger partial charge on any atom is -0.454 e. The van der Waals surface area contributed by atoms with Crippen LogP contribution in [0.4, 0.5) is 11.4 Å². The number of hydrogen-bond acceptors (Lipinski definition) is 5. The predicted octanol–water partition coefficient (Wildman–Crippen LogP) is 4.06. The minimum atomic E-state index is -0.421. The normalized spacial score (nSPS) is 16.9. The Morgan fingerprint density at radius 2 is 1.79 bits per heavy atom. The van der Waals surface area contributed by atoms with Crippen LogP contribution in [0.3, 0.4) is 0 Å². The molecule has 0 saturated carbocycles. The van der Waals surface area contributed by atoms with Crippen molar-refractivity contribution in [3.63, 3.8) is 0 Å². The summed E-state index contributed by atoms with van der Waals surface area (Å²) in [5.41, 5.74) is 3.52. The van der Waals surface area contributed by atoms with Crippen LogP contribution in [0, 0.1) is 11.3 Å². The van der Waals surface area contributed by atoms with E-state index in [0.717, 1.165) is 11.3 Å². The Hall–Kier alpha value is -3.98. The van der Waals surface area contributed by atoms with E-state index in [1.165, 1.54) is 0 Å². The summed E-state index contributed by atoms with van der Waals surface area (Å²) in [7, 11) is 0. The maximum Gasteiger partial charge on any atom is 0.262 e. The number of carbonyl (C=O) groups is 1. The van der Waals surface area contributed by atoms with Crippen LogP contribution in [-0.2, 0) is 0 Å². The number of nitrogens with one attached hydrogen (secondary N) is 1. The van der Waals surface area contributed by atoms with E-state index in [1.54, 1.807) is 29.2 Å². The highest BCUT2D eigenvalue weighted by Gasteiger charge is 2.34. The van der Waals surface area contributed by atoms with E-state index in [4.69, 9.17) is 14.7 Å². The van der Waals surface area contributed by atoms with Crippen LogP contribution in [0.1, 0.15) is 27.7 Å². The van der Waals surface area contributed by atoms with Crippen LogP contribution >= 0.6 is 0 Å². The van der Waals surface area contributed by atoms with E-state index in [-0.39, 0.29) is 12.7 Å². The largest absolute Gasteiger partial charge is 0.454 e. The topological polar surface area (TPSA) is 74.6 Å². The number of nitrogens with zero attached hydrogens (tertiary/aromatic N) is 2. The molecule has 0 spiro atoms. The molecule has 0 aliphatic carbocycles. The zero-order valence-corrected chi connectivity index (χ0v) is 14.8. The maximum atomic E-state index is 13.4. The summed E-state index contributed by atoms with van der Waals surface area (Å²) in [5, 5.41) is 12.5. The van der Waals surface area contributed by atoms with Gasteiger partial charge in [-0.25, -0.2) is 0 Å². The first-order chi connectivity index (χ1) is 13.7. The Balaban J connectivity index is 1.63. The number of anilines is 2. The quantitative estimate of drug-likeness (QED) is 0.737. The van der Waals surface area contributed by atoms with Crippen LogP contribution in [0.15, 0.2) is 66.7 Å². The lowest BCUT2D eigenvalue weighted by Crippen LogP contribution is -2.43. The molecule has 2 heterocycles. The summed E-state index contributed by atoms with van der Waals surface area (Å²) in [6, 6.07) is 22.2. The van der Waals surface area contributed by atoms with E-state index in [0.29, 0.717) is 28.3 Å². The molecule has 0 aromatic heterocycles. The van der Waals surface area contributed by atoms with Crippen LogP contribution in [0.5, 0.6) is 11.5 Å². The maximum absolute atomic E-state index is 13.4. The van der Waals surface area contributed by atoms with Gasteiger partial charge in [-0.05, 0) is 42.0 Å². The summed E-state index contributed by atoms with van der Waals surface area (Å²) in [4.78, 5) is 15.1. The highest BCUT2D eigenvalue weighted by Crippen LogP contribution is 2.41. The van der Waals surface area contributed by atoms with Crippen molar-refractivity contribution in [1.29, 1.82) is 5.26 Å². The molecule has 0 radical (unpaired) electrons. The van der Waals surface area contributed by atoms with Gasteiger partial charge in [-0.1, -0.05) is 24.3 Å². The lowest BCUT2D eigenvalue weighted by atomic mass is 10.0. The number of fused-ring (bicyclic) bond motifs is 2. The molecule has 2 aliphatic rings. The summed E-state index contributed by atoms with van der Waals surface area (Å²) in [5.74, 6) is 1.17. The second-order valence-electron chi connectivity index (χ2n) is 6.54. The van der Waals surface area contributed by atoms with Crippen molar-refractivity contribution in [2.45, 2.75) is 6.17 Å². The Morgan fingerprint density at radius 1 is 1.00 bits per heavy atom. The molecule has 1 N–H and O–H groups in total. The Bertz CT molecular complexity index is 1120. The highest BCUT2D eigenvalue weighted by atomic mass is 16.7. The standard InChI is InChI=1S/C22H15N3O3/c23-12-14-5-7-15(8-6-14)21-24-18-4-2-1-3-17(18)22(26)25(21)16-9-10-19-20(11-16)28-13-27-19/h1-11,21,24H,13H2. The molecule has 0 bridgehead atoms. The third-order valence-corrected chi connectivity index (χ3v) is 4.92. The average molecular weight is 369 g/mol. The number of benzene rings is 3. The molecule has 2 aliphatic heterocycles. The molecule has 0 saturated heterocycles. The Kier molecular flexibility index (Phi) is 3.66. The fourth-order valence-corrected chi connectivity index (χ4v) is 3.53. The fraction of sp³-hybridized carbons (Fsp3) is 0.0909. The summed E-state index contributed by atoms with van der Waals surface area (Å²) >= 11 is 0. The number of carbonyl (C=O) groups excluding carboxylic acids is 1. The smallest absolute Gasteiger partial charge is 0.262 e. The van der Waals surface area contributed by atoms with Gasteiger partial charge in [0.1, 0.15) is 6.17 Å². The van der Waals surface area contributed by atoms with Crippen molar-refractivity contribution in [2.24, 2.45) is 0 Å². The van der Waals surface area contributed by atoms with Crippen molar-refractivity contribution in [2.75, 3.05) is 17.0 Å². The first-order valence-corrected chi connectivity index (χ1v) is 8.83. The molecule has 1 unspecified atom stereocenters. The molecular formula is C22H15N3O3. The van der Waals surface area contributed by atoms with Crippen LogP contribution in [0.2, 0.25) is 0 Å². The third-order valence-electron chi connectivity index (χ3n) is 4.92. The molecule has 5 rings (SSSR count). The van der Waals surface area contributed by atoms with Gasteiger partial charge in [0.05, 0.1) is 22.9 Å². The molecule has 3 aromatic rings. The SMILES string of the molecule is N#Cc1ccc(C2Nc3ccccc3C(=O)N2c2ccc3c(c2)OCO3)cc1. The van der Waals surface area contributed by atoms with Gasteiger partial charge in [0.15, 0.2) is 11.5 Å². The van der Waals surface area contributed by atoms with Gasteiger partial charge in [-0.3, -0.25) is 9.69 Å². The number of nitriles is 1. The van der Waals surface area contributed by atoms with Gasteiger partial charge in [0, 0.05) is 11.8 Å². The Morgan fingerprint density at radius 3 is 2.61 bits per heavy atom. The molecule has 6 heteroatoms. The van der Waals surface area contributed by atoms with Crippen LogP contribution in [-0.4, -0.2) is 12.7 Å². The van der Waals surface area contributed by atoms with E-state index < -0.39 is 6.17 Å². The fourth-order valence-electron chi connectivity index (χ4n) is 3.53. The molecule has 1 amide bonds. The lowest BCUT2D eigenvalue weighted by molar-refractivity contribution is 0.0975. The van der Waals surface area contributed by atoms with Gasteiger partial charge < -0.3 is 14.8 Å². The van der Waals surface area contributed by atoms with Crippen LogP contribution < -0.4 is 19.7 Å². The number of ether oxygens (including phenoxy) is 2. The van der Waals surface area contributed by atoms with Gasteiger partial charge >= 0.3 is 0 Å². The molecular weight excluding hydrogens is 354 g/mol. The molecule has 6 nitrogen and oxygen atoms in total. The lowest BCUT2D eigenvalue weighted by Gasteiger charge is -2.38. The molecule has 3 aromatic carbocycles. The summed E-state index contributed by atoms with van der Waals surface area (Å²) in [6.45, 7) is 0.173. The number of amides is 1. The van der Waals surface area contributed by atoms with Crippen molar-refractivity contribution in [1.82, 2.24) is 0 Å². The third kappa shape index (κ3) is 2.53. The van der Waals surface area contributed by atoms with Crippen molar-refractivity contribution in [3.05, 3.63) is 83.4 Å². The van der Waals surface area contributed by atoms with Gasteiger partial charge in [-0.2, -0.15) is 5.26 Å². The van der Waals surface area contributed by atoms with E-state index in [1.807, 2.05) is 42.5 Å². The van der Waals surface area contributed by atoms with E-state index in [9.17, 15) is 4.79 Å². The first-order valence-electron chi connectivity index (χ1n) is 8.83. The van der Waals surface area contributed by atoms with Crippen molar-refractivity contribution >= 4 is 17.3 Å². The summed E-state index contributed by atoms with van der Waals surface area (Å²) in [6.07, 6.45) is -0.421. The molecule has 0 fully saturated rings. The van der Waals surface area contributed by atoms with E-state index in [2.05, 4.69) is 11.4 Å². The van der Waals surface area contributed by atoms with Gasteiger partial charge in [0.2, 0.25) is 6.79 Å². The summed E-state index contributed by atoms with van der Waals surface area (Å²) < 4.78 is 10.9. The van der Waals surface area contributed by atoms with Crippen LogP contribution in [0.25, 0.3) is 0 Å². The zero-order valence-electron chi connectivity index (χ0n) is 14.8. The van der Waals surface area contributed by atoms with Crippen molar-refractivity contribution in [3.8, 4) is 17.6 Å². The minimum absolute atomic E-state index is 0.109. The van der Waals surface area contributed by atoms with Gasteiger partial charge in [0.25, 0.3) is 5.91 Å². The van der Waals surface area contributed by atoms with E-state index >= 15 is 0 Å². The molecule has 1 atom stereocenters.